The topological polar surface area (TPSA) is 56.6 Å². The summed E-state index contributed by atoms with van der Waals surface area (Å²) in [6, 6.07) is 7.02. The summed E-state index contributed by atoms with van der Waals surface area (Å²) in [4.78, 5) is 10.9. The van der Waals surface area contributed by atoms with Gasteiger partial charge in [0.25, 0.3) is 0 Å². The van der Waals surface area contributed by atoms with Gasteiger partial charge in [0.1, 0.15) is 6.54 Å². The van der Waals surface area contributed by atoms with E-state index in [0.29, 0.717) is 5.69 Å². The quantitative estimate of drug-likeness (QED) is 0.515. The van der Waals surface area contributed by atoms with Crippen molar-refractivity contribution in [3.8, 4) is 0 Å². The van der Waals surface area contributed by atoms with Crippen molar-refractivity contribution in [2.45, 2.75) is 0 Å². The minimum atomic E-state index is -0.385. The molecule has 0 spiro atoms. The van der Waals surface area contributed by atoms with Gasteiger partial charge in [-0.1, -0.05) is 12.1 Å². The van der Waals surface area contributed by atoms with Crippen LogP contribution in [0.25, 0.3) is 0 Å². The molecule has 1 aliphatic rings. The number of hydrogen-bond acceptors (Lipinski definition) is 3. The third-order valence-electron chi connectivity index (χ3n) is 1.86. The van der Waals surface area contributed by atoms with Gasteiger partial charge in [0, 0.05) is 6.07 Å². The summed E-state index contributed by atoms with van der Waals surface area (Å²) in [5, 5.41) is 13.7. The first kappa shape index (κ1) is 7.27. The van der Waals surface area contributed by atoms with E-state index in [0.717, 1.165) is 5.69 Å². The van der Waals surface area contributed by atoms with E-state index in [9.17, 15) is 10.0 Å². The Morgan fingerprint density at radius 3 is 3.00 bits per heavy atom. The minimum Gasteiger partial charge on any atom is -0.621 e. The monoisotopic (exact) mass is 164 g/mol. The molecule has 1 amide bonds. The molecule has 1 unspecified atom stereocenters. The van der Waals surface area contributed by atoms with Gasteiger partial charge in [0.05, 0.1) is 5.69 Å². The molecule has 1 aromatic carbocycles. The molecule has 12 heavy (non-hydrogen) atoms. The Labute approximate surface area is 69.4 Å². The van der Waals surface area contributed by atoms with Gasteiger partial charge in [-0.25, -0.2) is 4.79 Å². The molecule has 0 radical (unpaired) electrons. The van der Waals surface area contributed by atoms with Crippen molar-refractivity contribution in [1.29, 1.82) is 0 Å². The van der Waals surface area contributed by atoms with Crippen molar-refractivity contribution >= 4 is 17.3 Å². The first-order valence-corrected chi connectivity index (χ1v) is 3.69. The van der Waals surface area contributed by atoms with Crippen LogP contribution in [0.3, 0.4) is 0 Å². The number of hydroxylamine groups is 1. The molecule has 1 aliphatic heterocycles. The van der Waals surface area contributed by atoms with Crippen molar-refractivity contribution < 1.29 is 9.86 Å². The number of quaternary nitrogens is 1. The molecule has 1 atom stereocenters. The Morgan fingerprint density at radius 1 is 1.42 bits per heavy atom. The summed E-state index contributed by atoms with van der Waals surface area (Å²) in [7, 11) is 0. The fourth-order valence-corrected chi connectivity index (χ4v) is 1.24. The highest BCUT2D eigenvalue weighted by Gasteiger charge is 2.22. The molecule has 2 N–H and O–H groups in total. The molecule has 0 aliphatic carbocycles. The van der Waals surface area contributed by atoms with Crippen LogP contribution in [0, 0.1) is 5.21 Å². The fourth-order valence-electron chi connectivity index (χ4n) is 1.24. The van der Waals surface area contributed by atoms with E-state index in [1.165, 1.54) is 0 Å². The van der Waals surface area contributed by atoms with E-state index in [2.05, 4.69) is 5.32 Å². The lowest BCUT2D eigenvalue weighted by Crippen LogP contribution is -3.07. The lowest BCUT2D eigenvalue weighted by atomic mass is 10.2. The maximum absolute atomic E-state index is 11.2. The summed E-state index contributed by atoms with van der Waals surface area (Å²) >= 11 is 0. The standard InChI is InChI=1S/C8H8N2O2/c11-8-5-9-6-3-1-2-4-7(6)10(8)12/h1-4,9-10H,5H2. The van der Waals surface area contributed by atoms with E-state index < -0.39 is 0 Å². The molecule has 0 aromatic heterocycles. The SMILES string of the molecule is O=C1CNc2ccccc2[NH+]1[O-]. The van der Waals surface area contributed by atoms with Crippen LogP contribution < -0.4 is 10.4 Å². The van der Waals surface area contributed by atoms with E-state index in [-0.39, 0.29) is 17.5 Å². The van der Waals surface area contributed by atoms with Gasteiger partial charge in [-0.2, -0.15) is 0 Å². The van der Waals surface area contributed by atoms with Gasteiger partial charge in [-0.05, 0) is 6.07 Å². The summed E-state index contributed by atoms with van der Waals surface area (Å²) < 4.78 is 0. The van der Waals surface area contributed by atoms with Gasteiger partial charge in [-0.15, -0.1) is 0 Å². The minimum absolute atomic E-state index is 0.121. The van der Waals surface area contributed by atoms with Crippen molar-refractivity contribution in [3.05, 3.63) is 29.5 Å². The Balaban J connectivity index is 2.48. The van der Waals surface area contributed by atoms with Gasteiger partial charge in [0.2, 0.25) is 0 Å². The smallest absolute Gasteiger partial charge is 0.336 e. The number of benzene rings is 1. The molecule has 4 heteroatoms. The zero-order valence-corrected chi connectivity index (χ0v) is 6.33. The Hall–Kier alpha value is -1.39. The van der Waals surface area contributed by atoms with Gasteiger partial charge in [-0.3, -0.25) is 5.06 Å². The summed E-state index contributed by atoms with van der Waals surface area (Å²) in [5.74, 6) is -0.367. The summed E-state index contributed by atoms with van der Waals surface area (Å²) in [5.41, 5.74) is 1.23. The maximum atomic E-state index is 11.2. The fraction of sp³-hybridized carbons (Fsp3) is 0.125. The average Bonchev–Trinajstić information content (AvgIpc) is 2.12. The van der Waals surface area contributed by atoms with Crippen LogP contribution in [0.4, 0.5) is 11.4 Å². The highest BCUT2D eigenvalue weighted by atomic mass is 16.5. The Morgan fingerprint density at radius 2 is 2.17 bits per heavy atom. The largest absolute Gasteiger partial charge is 0.621 e. The lowest BCUT2D eigenvalue weighted by Gasteiger charge is -2.26. The second-order valence-corrected chi connectivity index (χ2v) is 2.65. The van der Waals surface area contributed by atoms with E-state index in [1.54, 1.807) is 18.2 Å². The second kappa shape index (κ2) is 2.58. The van der Waals surface area contributed by atoms with Crippen molar-refractivity contribution in [3.63, 3.8) is 0 Å². The second-order valence-electron chi connectivity index (χ2n) is 2.65. The number of hydrogen-bond donors (Lipinski definition) is 2. The Kier molecular flexibility index (Phi) is 1.56. The molecule has 62 valence electrons. The molecule has 4 nitrogen and oxygen atoms in total. The summed E-state index contributed by atoms with van der Waals surface area (Å²) in [6.45, 7) is 0.121. The van der Waals surface area contributed by atoms with Gasteiger partial charge in [0.15, 0.2) is 5.69 Å². The predicted molar refractivity (Wildman–Crippen MR) is 43.9 cm³/mol. The van der Waals surface area contributed by atoms with Crippen LogP contribution in [0.5, 0.6) is 0 Å². The van der Waals surface area contributed by atoms with Crippen molar-refractivity contribution in [2.75, 3.05) is 11.9 Å². The zero-order valence-electron chi connectivity index (χ0n) is 6.33. The maximum Gasteiger partial charge on any atom is 0.336 e. The van der Waals surface area contributed by atoms with E-state index >= 15 is 0 Å². The number of rotatable bonds is 0. The van der Waals surface area contributed by atoms with E-state index in [1.807, 2.05) is 6.07 Å². The first-order valence-electron chi connectivity index (χ1n) is 3.69. The molecule has 0 bridgehead atoms. The number of para-hydroxylation sites is 2. The molecular weight excluding hydrogens is 156 g/mol. The molecule has 1 heterocycles. The Bertz CT molecular complexity index is 325. The van der Waals surface area contributed by atoms with Crippen LogP contribution >= 0.6 is 0 Å². The highest BCUT2D eigenvalue weighted by molar-refractivity contribution is 5.82. The lowest BCUT2D eigenvalue weighted by molar-refractivity contribution is -0.688. The highest BCUT2D eigenvalue weighted by Crippen LogP contribution is 2.18. The normalized spacial score (nSPS) is 21.4. The van der Waals surface area contributed by atoms with Crippen LogP contribution in [0.2, 0.25) is 0 Å². The van der Waals surface area contributed by atoms with E-state index in [4.69, 9.17) is 0 Å². The van der Waals surface area contributed by atoms with Gasteiger partial charge >= 0.3 is 5.91 Å². The van der Waals surface area contributed by atoms with Crippen LogP contribution in [0.15, 0.2) is 24.3 Å². The summed E-state index contributed by atoms with van der Waals surface area (Å²) in [6.07, 6.45) is 0. The number of carbonyl (C=O) groups excluding carboxylic acids is 1. The number of anilines is 1. The first-order chi connectivity index (χ1) is 5.79. The van der Waals surface area contributed by atoms with Gasteiger partial charge < -0.3 is 10.5 Å². The molecule has 0 fully saturated rings. The number of carbonyl (C=O) groups is 1. The zero-order chi connectivity index (χ0) is 8.55. The van der Waals surface area contributed by atoms with Crippen LogP contribution in [-0.4, -0.2) is 12.5 Å². The molecule has 2 rings (SSSR count). The average molecular weight is 164 g/mol. The molecule has 1 aromatic rings. The molecular formula is C8H8N2O2. The third-order valence-corrected chi connectivity index (χ3v) is 1.86. The van der Waals surface area contributed by atoms with Crippen LogP contribution in [-0.2, 0) is 4.79 Å². The predicted octanol–water partition coefficient (Wildman–Crippen LogP) is -0.347. The molecule has 0 saturated heterocycles. The van der Waals surface area contributed by atoms with Crippen LogP contribution in [0.1, 0.15) is 0 Å². The third kappa shape index (κ3) is 0.975. The molecule has 0 saturated carbocycles. The number of amides is 1. The number of fused-ring (bicyclic) bond motifs is 1. The number of nitrogens with one attached hydrogen (secondary N) is 2. The van der Waals surface area contributed by atoms with Crippen molar-refractivity contribution in [1.82, 2.24) is 0 Å². The van der Waals surface area contributed by atoms with Crippen molar-refractivity contribution in [2.24, 2.45) is 0 Å².